The number of rotatable bonds is 6. The van der Waals surface area contributed by atoms with Crippen LogP contribution in [-0.2, 0) is 0 Å². The number of hydrogen-bond acceptors (Lipinski definition) is 5. The molecule has 1 rings (SSSR count). The molecule has 2 N–H and O–H groups in total. The van der Waals surface area contributed by atoms with Gasteiger partial charge in [-0.25, -0.2) is 9.97 Å². The third-order valence-electron chi connectivity index (χ3n) is 1.83. The Labute approximate surface area is 92.5 Å². The number of unbranched alkanes of at least 4 members (excludes halogenated alkanes) is 1. The van der Waals surface area contributed by atoms with Crippen molar-refractivity contribution in [3.63, 3.8) is 0 Å². The minimum Gasteiger partial charge on any atom is -0.396 e. The van der Waals surface area contributed by atoms with Crippen molar-refractivity contribution in [2.75, 3.05) is 18.5 Å². The summed E-state index contributed by atoms with van der Waals surface area (Å²) in [6.45, 7) is 0.793. The Kier molecular flexibility index (Phi) is 5.00. The summed E-state index contributed by atoms with van der Waals surface area (Å²) in [5.74, 6) is 0.433. The number of aldehydes is 1. The van der Waals surface area contributed by atoms with E-state index < -0.39 is 0 Å². The topological polar surface area (TPSA) is 75.1 Å². The van der Waals surface area contributed by atoms with Gasteiger partial charge < -0.3 is 10.4 Å². The molecule has 5 nitrogen and oxygen atoms in total. The summed E-state index contributed by atoms with van der Waals surface area (Å²) in [5.41, 5.74) is 0.267. The van der Waals surface area contributed by atoms with E-state index in [1.54, 1.807) is 0 Å². The van der Waals surface area contributed by atoms with Crippen molar-refractivity contribution in [3.05, 3.63) is 17.0 Å². The Balaban J connectivity index is 2.60. The maximum absolute atomic E-state index is 10.7. The van der Waals surface area contributed by atoms with Gasteiger partial charge in [-0.15, -0.1) is 0 Å². The molecule has 1 aromatic heterocycles. The number of carbonyl (C=O) groups is 1. The smallest absolute Gasteiger partial charge is 0.156 e. The van der Waals surface area contributed by atoms with Crippen molar-refractivity contribution in [2.45, 2.75) is 12.8 Å². The average Bonchev–Trinajstić information content (AvgIpc) is 2.24. The zero-order valence-corrected chi connectivity index (χ0v) is 8.87. The van der Waals surface area contributed by atoms with E-state index in [0.717, 1.165) is 6.42 Å². The predicted molar refractivity (Wildman–Crippen MR) is 57.2 cm³/mol. The summed E-state index contributed by atoms with van der Waals surface area (Å²) in [5, 5.41) is 11.7. The number of carbonyl (C=O) groups excluding carboxylic acids is 1. The SMILES string of the molecule is O=Cc1c(Cl)ncnc1NCCCCO. The highest BCUT2D eigenvalue weighted by atomic mass is 35.5. The summed E-state index contributed by atoms with van der Waals surface area (Å²) in [6, 6.07) is 0. The third-order valence-corrected chi connectivity index (χ3v) is 2.13. The van der Waals surface area contributed by atoms with Gasteiger partial charge in [0.25, 0.3) is 0 Å². The van der Waals surface area contributed by atoms with Gasteiger partial charge >= 0.3 is 0 Å². The lowest BCUT2D eigenvalue weighted by Gasteiger charge is -2.07. The molecular formula is C9H12ClN3O2. The Bertz CT molecular complexity index is 333. The van der Waals surface area contributed by atoms with Crippen LogP contribution < -0.4 is 5.32 Å². The second-order valence-electron chi connectivity index (χ2n) is 2.90. The van der Waals surface area contributed by atoms with Crippen molar-refractivity contribution in [2.24, 2.45) is 0 Å². The van der Waals surface area contributed by atoms with E-state index in [9.17, 15) is 4.79 Å². The van der Waals surface area contributed by atoms with E-state index >= 15 is 0 Å². The van der Waals surface area contributed by atoms with Crippen molar-refractivity contribution in [1.29, 1.82) is 0 Å². The highest BCUT2D eigenvalue weighted by molar-refractivity contribution is 6.32. The van der Waals surface area contributed by atoms with Crippen LogP contribution in [-0.4, -0.2) is 34.5 Å². The zero-order chi connectivity index (χ0) is 11.1. The Morgan fingerprint density at radius 2 is 2.27 bits per heavy atom. The summed E-state index contributed by atoms with van der Waals surface area (Å²) in [7, 11) is 0. The van der Waals surface area contributed by atoms with Gasteiger partial charge in [0.05, 0.1) is 5.56 Å². The fourth-order valence-electron chi connectivity index (χ4n) is 1.06. The fraction of sp³-hybridized carbons (Fsp3) is 0.444. The summed E-state index contributed by atoms with van der Waals surface area (Å²) in [4.78, 5) is 18.3. The quantitative estimate of drug-likeness (QED) is 0.435. The van der Waals surface area contributed by atoms with E-state index in [-0.39, 0.29) is 17.3 Å². The predicted octanol–water partition coefficient (Wildman–Crippen LogP) is 1.13. The van der Waals surface area contributed by atoms with E-state index in [4.69, 9.17) is 16.7 Å². The van der Waals surface area contributed by atoms with Gasteiger partial charge in [-0.3, -0.25) is 4.79 Å². The van der Waals surface area contributed by atoms with Crippen molar-refractivity contribution in [3.8, 4) is 0 Å². The van der Waals surface area contributed by atoms with E-state index in [1.807, 2.05) is 0 Å². The highest BCUT2D eigenvalue weighted by Gasteiger charge is 2.07. The van der Waals surface area contributed by atoms with Crippen molar-refractivity contribution in [1.82, 2.24) is 9.97 Å². The molecule has 6 heteroatoms. The first-order valence-electron chi connectivity index (χ1n) is 4.60. The standard InChI is InChI=1S/C9H12ClN3O2/c10-8-7(5-15)9(13-6-12-8)11-3-1-2-4-14/h5-6,14H,1-4H2,(H,11,12,13). The van der Waals surface area contributed by atoms with Gasteiger partial charge in [0, 0.05) is 13.2 Å². The third kappa shape index (κ3) is 3.45. The van der Waals surface area contributed by atoms with Gasteiger partial charge in [0.1, 0.15) is 17.3 Å². The van der Waals surface area contributed by atoms with Crippen LogP contribution in [0, 0.1) is 0 Å². The van der Waals surface area contributed by atoms with E-state index in [0.29, 0.717) is 25.1 Å². The first-order chi connectivity index (χ1) is 7.29. The summed E-state index contributed by atoms with van der Waals surface area (Å²) >= 11 is 5.71. The molecule has 0 radical (unpaired) electrons. The lowest BCUT2D eigenvalue weighted by molar-refractivity contribution is 0.112. The van der Waals surface area contributed by atoms with Crippen LogP contribution in [0.1, 0.15) is 23.2 Å². The fourth-order valence-corrected chi connectivity index (χ4v) is 1.24. The zero-order valence-electron chi connectivity index (χ0n) is 8.11. The monoisotopic (exact) mass is 229 g/mol. The molecule has 0 aliphatic heterocycles. The molecule has 82 valence electrons. The number of nitrogens with one attached hydrogen (secondary N) is 1. The molecule has 0 amide bonds. The van der Waals surface area contributed by atoms with Crippen molar-refractivity contribution >= 4 is 23.7 Å². The van der Waals surface area contributed by atoms with Gasteiger partial charge in [0.15, 0.2) is 6.29 Å². The van der Waals surface area contributed by atoms with Crippen molar-refractivity contribution < 1.29 is 9.90 Å². The normalized spacial score (nSPS) is 10.0. The lowest BCUT2D eigenvalue weighted by atomic mass is 10.3. The van der Waals surface area contributed by atoms with Gasteiger partial charge in [-0.05, 0) is 12.8 Å². The number of halogens is 1. The molecule has 0 saturated heterocycles. The van der Waals surface area contributed by atoms with E-state index in [2.05, 4.69) is 15.3 Å². The number of hydrogen-bond donors (Lipinski definition) is 2. The largest absolute Gasteiger partial charge is 0.396 e. The van der Waals surface area contributed by atoms with Crippen LogP contribution in [0.3, 0.4) is 0 Å². The van der Waals surface area contributed by atoms with Crippen LogP contribution in [0.5, 0.6) is 0 Å². The Morgan fingerprint density at radius 3 is 2.93 bits per heavy atom. The van der Waals surface area contributed by atoms with Crippen LogP contribution in [0.15, 0.2) is 6.33 Å². The van der Waals surface area contributed by atoms with Crippen LogP contribution >= 0.6 is 11.6 Å². The minimum atomic E-state index is 0.143. The molecule has 0 unspecified atom stereocenters. The number of nitrogens with zero attached hydrogens (tertiary/aromatic N) is 2. The molecule has 1 heterocycles. The molecule has 0 atom stereocenters. The number of aliphatic hydroxyl groups is 1. The van der Waals surface area contributed by atoms with Crippen LogP contribution in [0.25, 0.3) is 0 Å². The number of aliphatic hydroxyl groups excluding tert-OH is 1. The molecule has 0 aliphatic carbocycles. The molecule has 0 spiro atoms. The molecule has 1 aromatic rings. The molecule has 0 fully saturated rings. The Morgan fingerprint density at radius 1 is 1.47 bits per heavy atom. The van der Waals surface area contributed by atoms with Gasteiger partial charge in [-0.1, -0.05) is 11.6 Å². The molecule has 0 aliphatic rings. The lowest BCUT2D eigenvalue weighted by Crippen LogP contribution is -2.07. The second-order valence-corrected chi connectivity index (χ2v) is 3.26. The van der Waals surface area contributed by atoms with E-state index in [1.165, 1.54) is 6.33 Å². The number of anilines is 1. The number of aromatic nitrogens is 2. The molecule has 15 heavy (non-hydrogen) atoms. The minimum absolute atomic E-state index is 0.143. The van der Waals surface area contributed by atoms with Gasteiger partial charge in [0.2, 0.25) is 0 Å². The first-order valence-corrected chi connectivity index (χ1v) is 4.97. The first kappa shape index (κ1) is 11.9. The van der Waals surface area contributed by atoms with Gasteiger partial charge in [-0.2, -0.15) is 0 Å². The highest BCUT2D eigenvalue weighted by Crippen LogP contribution is 2.16. The maximum atomic E-state index is 10.7. The molecule has 0 saturated carbocycles. The molecular weight excluding hydrogens is 218 g/mol. The van der Waals surface area contributed by atoms with Crippen LogP contribution in [0.4, 0.5) is 5.82 Å². The molecule has 0 aromatic carbocycles. The Hall–Kier alpha value is -1.20. The van der Waals surface area contributed by atoms with Crippen LogP contribution in [0.2, 0.25) is 5.15 Å². The second kappa shape index (κ2) is 6.31. The summed E-state index contributed by atoms with van der Waals surface area (Å²) < 4.78 is 0. The maximum Gasteiger partial charge on any atom is 0.156 e. The average molecular weight is 230 g/mol. The summed E-state index contributed by atoms with van der Waals surface area (Å²) in [6.07, 6.45) is 3.43. The molecule has 0 bridgehead atoms.